The van der Waals surface area contributed by atoms with E-state index in [1.807, 2.05) is 13.8 Å². The fraction of sp³-hybridized carbons (Fsp3) is 0.917. The second-order valence-corrected chi connectivity index (χ2v) is 5.85. The molecule has 16 heavy (non-hydrogen) atoms. The number of nitrogens with zero attached hydrogens (tertiary/aromatic N) is 1. The fourth-order valence-corrected chi connectivity index (χ4v) is 2.25. The predicted octanol–water partition coefficient (Wildman–Crippen LogP) is 0.877. The highest BCUT2D eigenvalue weighted by Gasteiger charge is 2.33. The fourth-order valence-electron chi connectivity index (χ4n) is 2.25. The average Bonchev–Trinajstić information content (AvgIpc) is 2.48. The van der Waals surface area contributed by atoms with E-state index in [2.05, 4.69) is 0 Å². The van der Waals surface area contributed by atoms with E-state index in [-0.39, 0.29) is 5.91 Å². The van der Waals surface area contributed by atoms with Crippen molar-refractivity contribution < 1.29 is 9.90 Å². The molecule has 4 heteroatoms. The van der Waals surface area contributed by atoms with Gasteiger partial charge in [-0.3, -0.25) is 4.79 Å². The van der Waals surface area contributed by atoms with E-state index in [0.29, 0.717) is 13.0 Å². The van der Waals surface area contributed by atoms with Crippen molar-refractivity contribution in [1.82, 2.24) is 4.90 Å². The molecule has 1 aliphatic rings. The number of hydrogen-bond acceptors (Lipinski definition) is 3. The number of aliphatic hydroxyl groups is 1. The lowest BCUT2D eigenvalue weighted by Crippen LogP contribution is -2.45. The van der Waals surface area contributed by atoms with E-state index in [9.17, 15) is 9.90 Å². The van der Waals surface area contributed by atoms with E-state index >= 15 is 0 Å². The van der Waals surface area contributed by atoms with Gasteiger partial charge in [0.15, 0.2) is 0 Å². The SMILES string of the molecule is CN(CC1(O)CCCC1)C(=O)CC(C)(C)N. The lowest BCUT2D eigenvalue weighted by molar-refractivity contribution is -0.134. The number of hydrogen-bond donors (Lipinski definition) is 2. The van der Waals surface area contributed by atoms with Crippen molar-refractivity contribution >= 4 is 5.91 Å². The molecule has 3 N–H and O–H groups in total. The molecule has 0 aromatic rings. The Balaban J connectivity index is 2.45. The van der Waals surface area contributed by atoms with Gasteiger partial charge in [-0.05, 0) is 26.7 Å². The predicted molar refractivity (Wildman–Crippen MR) is 63.9 cm³/mol. The van der Waals surface area contributed by atoms with Crippen LogP contribution in [0.3, 0.4) is 0 Å². The van der Waals surface area contributed by atoms with Gasteiger partial charge in [0.2, 0.25) is 5.91 Å². The molecule has 0 spiro atoms. The van der Waals surface area contributed by atoms with Crippen molar-refractivity contribution in [2.45, 2.75) is 57.1 Å². The number of likely N-dealkylation sites (N-methyl/N-ethyl adjacent to an activating group) is 1. The molecule has 4 nitrogen and oxygen atoms in total. The Morgan fingerprint density at radius 2 is 1.94 bits per heavy atom. The van der Waals surface area contributed by atoms with Gasteiger partial charge < -0.3 is 15.7 Å². The molecule has 0 heterocycles. The van der Waals surface area contributed by atoms with Gasteiger partial charge in [-0.1, -0.05) is 12.8 Å². The Kier molecular flexibility index (Phi) is 3.97. The Hall–Kier alpha value is -0.610. The van der Waals surface area contributed by atoms with Crippen molar-refractivity contribution in [3.05, 3.63) is 0 Å². The van der Waals surface area contributed by atoms with Crippen molar-refractivity contribution in [3.63, 3.8) is 0 Å². The van der Waals surface area contributed by atoms with Gasteiger partial charge in [-0.25, -0.2) is 0 Å². The molecule has 94 valence electrons. The van der Waals surface area contributed by atoms with E-state index in [4.69, 9.17) is 5.73 Å². The van der Waals surface area contributed by atoms with Gasteiger partial charge in [-0.15, -0.1) is 0 Å². The molecule has 0 aliphatic heterocycles. The zero-order valence-corrected chi connectivity index (χ0v) is 10.6. The van der Waals surface area contributed by atoms with Crippen LogP contribution in [0.4, 0.5) is 0 Å². The standard InChI is InChI=1S/C12H24N2O2/c1-11(2,13)8-10(15)14(3)9-12(16)6-4-5-7-12/h16H,4-9,13H2,1-3H3. The lowest BCUT2D eigenvalue weighted by atomic mass is 9.99. The highest BCUT2D eigenvalue weighted by Crippen LogP contribution is 2.30. The largest absolute Gasteiger partial charge is 0.388 e. The summed E-state index contributed by atoms with van der Waals surface area (Å²) in [6.07, 6.45) is 4.04. The first-order valence-corrected chi connectivity index (χ1v) is 5.97. The van der Waals surface area contributed by atoms with Gasteiger partial charge in [0.1, 0.15) is 0 Å². The first kappa shape index (κ1) is 13.5. The van der Waals surface area contributed by atoms with Gasteiger partial charge >= 0.3 is 0 Å². The monoisotopic (exact) mass is 228 g/mol. The molecule has 1 amide bonds. The Labute approximate surface area is 97.8 Å². The van der Waals surface area contributed by atoms with Gasteiger partial charge in [0, 0.05) is 25.6 Å². The van der Waals surface area contributed by atoms with Crippen LogP contribution >= 0.6 is 0 Å². The zero-order chi connectivity index (χ0) is 12.4. The first-order chi connectivity index (χ1) is 7.22. The number of carbonyl (C=O) groups is 1. The van der Waals surface area contributed by atoms with Crippen molar-refractivity contribution in [2.75, 3.05) is 13.6 Å². The topological polar surface area (TPSA) is 66.6 Å². The summed E-state index contributed by atoms with van der Waals surface area (Å²) >= 11 is 0. The van der Waals surface area contributed by atoms with E-state index in [0.717, 1.165) is 25.7 Å². The van der Waals surface area contributed by atoms with Gasteiger partial charge in [-0.2, -0.15) is 0 Å². The summed E-state index contributed by atoms with van der Waals surface area (Å²) in [5.74, 6) is 0.00725. The minimum Gasteiger partial charge on any atom is -0.388 e. The maximum absolute atomic E-state index is 11.8. The molecular weight excluding hydrogens is 204 g/mol. The average molecular weight is 228 g/mol. The Morgan fingerprint density at radius 1 is 1.44 bits per heavy atom. The van der Waals surface area contributed by atoms with Crippen LogP contribution in [0.25, 0.3) is 0 Å². The summed E-state index contributed by atoms with van der Waals surface area (Å²) in [6.45, 7) is 4.11. The summed E-state index contributed by atoms with van der Waals surface area (Å²) in [4.78, 5) is 13.4. The second kappa shape index (κ2) is 4.72. The molecule has 0 saturated heterocycles. The molecule has 1 fully saturated rings. The van der Waals surface area contributed by atoms with Crippen LogP contribution in [0.5, 0.6) is 0 Å². The smallest absolute Gasteiger partial charge is 0.224 e. The van der Waals surface area contributed by atoms with Crippen LogP contribution in [0.2, 0.25) is 0 Å². The number of amides is 1. The maximum atomic E-state index is 11.8. The number of carbonyl (C=O) groups excluding carboxylic acids is 1. The normalized spacial score (nSPS) is 19.8. The third-order valence-corrected chi connectivity index (χ3v) is 3.10. The zero-order valence-electron chi connectivity index (χ0n) is 10.6. The summed E-state index contributed by atoms with van der Waals surface area (Å²) < 4.78 is 0. The van der Waals surface area contributed by atoms with Crippen LogP contribution in [0.15, 0.2) is 0 Å². The highest BCUT2D eigenvalue weighted by atomic mass is 16.3. The minimum absolute atomic E-state index is 0.00725. The molecule has 0 aromatic heterocycles. The molecule has 1 aliphatic carbocycles. The highest BCUT2D eigenvalue weighted by molar-refractivity contribution is 5.77. The van der Waals surface area contributed by atoms with Crippen LogP contribution < -0.4 is 5.73 Å². The summed E-state index contributed by atoms with van der Waals surface area (Å²) in [7, 11) is 1.74. The first-order valence-electron chi connectivity index (χ1n) is 5.97. The summed E-state index contributed by atoms with van der Waals surface area (Å²) in [5, 5.41) is 10.2. The van der Waals surface area contributed by atoms with Gasteiger partial charge in [0.25, 0.3) is 0 Å². The quantitative estimate of drug-likeness (QED) is 0.750. The van der Waals surface area contributed by atoms with E-state index < -0.39 is 11.1 Å². The minimum atomic E-state index is -0.664. The van der Waals surface area contributed by atoms with E-state index in [1.165, 1.54) is 0 Å². The molecular formula is C12H24N2O2. The Bertz CT molecular complexity index is 252. The Morgan fingerprint density at radius 3 is 2.38 bits per heavy atom. The van der Waals surface area contributed by atoms with Crippen LogP contribution in [0, 0.1) is 0 Å². The number of nitrogens with two attached hydrogens (primary N) is 1. The van der Waals surface area contributed by atoms with Crippen LogP contribution in [0.1, 0.15) is 46.0 Å². The van der Waals surface area contributed by atoms with Crippen molar-refractivity contribution in [3.8, 4) is 0 Å². The molecule has 0 radical (unpaired) electrons. The van der Waals surface area contributed by atoms with E-state index in [1.54, 1.807) is 11.9 Å². The van der Waals surface area contributed by atoms with Crippen LogP contribution in [-0.4, -0.2) is 40.6 Å². The molecule has 0 aromatic carbocycles. The van der Waals surface area contributed by atoms with Crippen LogP contribution in [-0.2, 0) is 4.79 Å². The molecule has 0 bridgehead atoms. The van der Waals surface area contributed by atoms with Crippen molar-refractivity contribution in [1.29, 1.82) is 0 Å². The maximum Gasteiger partial charge on any atom is 0.224 e. The van der Waals surface area contributed by atoms with Crippen molar-refractivity contribution in [2.24, 2.45) is 5.73 Å². The number of rotatable bonds is 4. The molecule has 0 unspecified atom stereocenters. The lowest BCUT2D eigenvalue weighted by Gasteiger charge is -2.30. The molecule has 1 saturated carbocycles. The third-order valence-electron chi connectivity index (χ3n) is 3.10. The third kappa shape index (κ3) is 4.10. The summed E-state index contributed by atoms with van der Waals surface area (Å²) in [6, 6.07) is 0. The second-order valence-electron chi connectivity index (χ2n) is 5.85. The molecule has 0 atom stereocenters. The molecule has 1 rings (SSSR count). The summed E-state index contributed by atoms with van der Waals surface area (Å²) in [5.41, 5.74) is 4.66. The van der Waals surface area contributed by atoms with Gasteiger partial charge in [0.05, 0.1) is 5.60 Å².